The van der Waals surface area contributed by atoms with E-state index in [1.54, 1.807) is 43.3 Å². The molecule has 0 radical (unpaired) electrons. The molecule has 0 saturated carbocycles. The lowest BCUT2D eigenvalue weighted by Crippen LogP contribution is -2.40. The zero-order valence-corrected chi connectivity index (χ0v) is 23.9. The van der Waals surface area contributed by atoms with Gasteiger partial charge in [-0.25, -0.2) is 14.6 Å². The molecule has 40 heavy (non-hydrogen) atoms. The smallest absolute Gasteiger partial charge is 0.379 e. The SMILES string of the molecule is COCCOC(=O)C1=C(C)N=c2sc(=Cc3cccc(Br)c3)c(=O)n2C1c1ccc(OC(=O)c2ccco2)cc1. The number of allylic oxidation sites excluding steroid dienone is 1. The van der Waals surface area contributed by atoms with Gasteiger partial charge >= 0.3 is 11.9 Å². The van der Waals surface area contributed by atoms with E-state index in [0.717, 1.165) is 10.0 Å². The van der Waals surface area contributed by atoms with Crippen LogP contribution in [-0.2, 0) is 14.3 Å². The average Bonchev–Trinajstić information content (AvgIpc) is 3.57. The van der Waals surface area contributed by atoms with Crippen molar-refractivity contribution in [3.05, 3.63) is 119 Å². The second-order valence-electron chi connectivity index (χ2n) is 8.70. The van der Waals surface area contributed by atoms with Gasteiger partial charge in [-0.2, -0.15) is 0 Å². The molecule has 2 aromatic heterocycles. The van der Waals surface area contributed by atoms with Gasteiger partial charge in [-0.05, 0) is 60.5 Å². The minimum Gasteiger partial charge on any atom is -0.460 e. The molecule has 204 valence electrons. The van der Waals surface area contributed by atoms with Gasteiger partial charge < -0.3 is 18.6 Å². The van der Waals surface area contributed by atoms with Crippen molar-refractivity contribution in [3.8, 4) is 5.75 Å². The van der Waals surface area contributed by atoms with Crippen LogP contribution in [0.3, 0.4) is 0 Å². The molecule has 1 aliphatic heterocycles. The number of aromatic nitrogens is 1. The third-order valence-electron chi connectivity index (χ3n) is 6.04. The molecule has 0 amide bonds. The lowest BCUT2D eigenvalue weighted by atomic mass is 9.96. The van der Waals surface area contributed by atoms with Gasteiger partial charge in [0.05, 0.1) is 34.7 Å². The van der Waals surface area contributed by atoms with E-state index in [1.807, 2.05) is 24.3 Å². The number of rotatable bonds is 8. The summed E-state index contributed by atoms with van der Waals surface area (Å²) in [5.74, 6) is -0.896. The molecule has 11 heteroatoms. The van der Waals surface area contributed by atoms with Crippen molar-refractivity contribution < 1.29 is 28.2 Å². The first kappa shape index (κ1) is 27.5. The molecule has 0 saturated heterocycles. The van der Waals surface area contributed by atoms with Gasteiger partial charge in [0.15, 0.2) is 4.80 Å². The largest absolute Gasteiger partial charge is 0.460 e. The summed E-state index contributed by atoms with van der Waals surface area (Å²) in [6.07, 6.45) is 3.17. The highest BCUT2D eigenvalue weighted by molar-refractivity contribution is 9.10. The maximum atomic E-state index is 13.8. The molecule has 5 rings (SSSR count). The maximum absolute atomic E-state index is 13.8. The molecule has 1 aliphatic rings. The van der Waals surface area contributed by atoms with Gasteiger partial charge in [-0.15, -0.1) is 0 Å². The minimum atomic E-state index is -0.814. The van der Waals surface area contributed by atoms with Gasteiger partial charge in [0.25, 0.3) is 5.56 Å². The van der Waals surface area contributed by atoms with E-state index >= 15 is 0 Å². The zero-order chi connectivity index (χ0) is 28.2. The molecular formula is C29H23BrN2O7S. The standard InChI is InChI=1S/C29H23BrN2O7S/c1-17-24(28(35)38-14-13-36-2)25(19-8-10-21(11-9-19)39-27(34)22-7-4-12-37-22)32-26(33)23(40-29(32)31-17)16-18-5-3-6-20(30)15-18/h3-12,15-16,25H,13-14H2,1-2H3. The number of fused-ring (bicyclic) bond motifs is 1. The maximum Gasteiger partial charge on any atom is 0.379 e. The highest BCUT2D eigenvalue weighted by atomic mass is 79.9. The van der Waals surface area contributed by atoms with Crippen molar-refractivity contribution in [1.29, 1.82) is 0 Å². The summed E-state index contributed by atoms with van der Waals surface area (Å²) in [6.45, 7) is 1.99. The van der Waals surface area contributed by atoms with Crippen LogP contribution in [0.1, 0.15) is 34.6 Å². The summed E-state index contributed by atoms with van der Waals surface area (Å²) in [5, 5.41) is 0. The Morgan fingerprint density at radius 1 is 1.10 bits per heavy atom. The number of esters is 2. The number of ether oxygens (including phenoxy) is 3. The fourth-order valence-electron chi connectivity index (χ4n) is 4.21. The average molecular weight is 623 g/mol. The molecule has 0 fully saturated rings. The molecule has 1 atom stereocenters. The number of halogens is 1. The Bertz CT molecular complexity index is 1770. The van der Waals surface area contributed by atoms with Gasteiger partial charge in [0.2, 0.25) is 5.76 Å². The molecule has 0 N–H and O–H groups in total. The number of hydrogen-bond acceptors (Lipinski definition) is 9. The van der Waals surface area contributed by atoms with E-state index < -0.39 is 18.0 Å². The molecule has 0 spiro atoms. The van der Waals surface area contributed by atoms with E-state index in [0.29, 0.717) is 20.6 Å². The molecule has 1 unspecified atom stereocenters. The van der Waals surface area contributed by atoms with E-state index in [9.17, 15) is 14.4 Å². The molecule has 0 bridgehead atoms. The van der Waals surface area contributed by atoms with Gasteiger partial charge in [0.1, 0.15) is 12.4 Å². The van der Waals surface area contributed by atoms with Crippen LogP contribution in [0.25, 0.3) is 6.08 Å². The van der Waals surface area contributed by atoms with Crippen molar-refractivity contribution in [3.63, 3.8) is 0 Å². The van der Waals surface area contributed by atoms with Crippen molar-refractivity contribution in [2.75, 3.05) is 20.3 Å². The number of thiazole rings is 1. The van der Waals surface area contributed by atoms with Gasteiger partial charge in [0, 0.05) is 11.6 Å². The highest BCUT2D eigenvalue weighted by Crippen LogP contribution is 2.32. The fourth-order valence-corrected chi connectivity index (χ4v) is 5.68. The van der Waals surface area contributed by atoms with Gasteiger partial charge in [-0.1, -0.05) is 51.5 Å². The first-order valence-corrected chi connectivity index (χ1v) is 13.8. The Morgan fingerprint density at radius 2 is 1.90 bits per heavy atom. The number of furan rings is 1. The van der Waals surface area contributed by atoms with Crippen LogP contribution in [0.15, 0.2) is 96.9 Å². The molecule has 4 aromatic rings. The van der Waals surface area contributed by atoms with E-state index in [4.69, 9.17) is 18.6 Å². The molecule has 0 aliphatic carbocycles. The van der Waals surface area contributed by atoms with Crippen molar-refractivity contribution >= 4 is 45.3 Å². The van der Waals surface area contributed by atoms with Gasteiger partial charge in [-0.3, -0.25) is 9.36 Å². The number of carbonyl (C=O) groups excluding carboxylic acids is 2. The molecule has 3 heterocycles. The topological polar surface area (TPSA) is 109 Å². The van der Waals surface area contributed by atoms with Crippen LogP contribution < -0.4 is 19.6 Å². The quantitative estimate of drug-likeness (QED) is 0.166. The lowest BCUT2D eigenvalue weighted by Gasteiger charge is -2.25. The van der Waals surface area contributed by atoms with E-state index in [2.05, 4.69) is 20.9 Å². The number of methoxy groups -OCH3 is 1. The van der Waals surface area contributed by atoms with E-state index in [1.165, 1.54) is 35.3 Å². The Balaban J connectivity index is 1.57. The third kappa shape index (κ3) is 5.76. The fraction of sp³-hybridized carbons (Fsp3) is 0.172. The Morgan fingerprint density at radius 3 is 2.60 bits per heavy atom. The summed E-state index contributed by atoms with van der Waals surface area (Å²) >= 11 is 4.70. The van der Waals surface area contributed by atoms with E-state index in [-0.39, 0.29) is 35.9 Å². The van der Waals surface area contributed by atoms with Crippen LogP contribution in [0.5, 0.6) is 5.75 Å². The predicted molar refractivity (Wildman–Crippen MR) is 151 cm³/mol. The highest BCUT2D eigenvalue weighted by Gasteiger charge is 2.33. The Kier molecular flexibility index (Phi) is 8.24. The van der Waals surface area contributed by atoms with Crippen molar-refractivity contribution in [1.82, 2.24) is 4.57 Å². The second kappa shape index (κ2) is 12.0. The monoisotopic (exact) mass is 622 g/mol. The van der Waals surface area contributed by atoms with Crippen molar-refractivity contribution in [2.45, 2.75) is 13.0 Å². The van der Waals surface area contributed by atoms with Crippen LogP contribution >= 0.6 is 27.3 Å². The second-order valence-corrected chi connectivity index (χ2v) is 10.6. The predicted octanol–water partition coefficient (Wildman–Crippen LogP) is 4.00. The van der Waals surface area contributed by atoms with Crippen LogP contribution in [0, 0.1) is 0 Å². The van der Waals surface area contributed by atoms with Crippen molar-refractivity contribution in [2.24, 2.45) is 4.99 Å². The molecule has 9 nitrogen and oxygen atoms in total. The summed E-state index contributed by atoms with van der Waals surface area (Å²) in [5.41, 5.74) is 1.83. The number of hydrogen-bond donors (Lipinski definition) is 0. The third-order valence-corrected chi connectivity index (χ3v) is 7.51. The number of nitrogens with zero attached hydrogens (tertiary/aromatic N) is 2. The molecular weight excluding hydrogens is 600 g/mol. The summed E-state index contributed by atoms with van der Waals surface area (Å²) in [7, 11) is 1.51. The summed E-state index contributed by atoms with van der Waals surface area (Å²) in [6, 6.07) is 16.4. The van der Waals surface area contributed by atoms with Crippen LogP contribution in [0.2, 0.25) is 0 Å². The first-order valence-electron chi connectivity index (χ1n) is 12.2. The molecule has 2 aromatic carbocycles. The summed E-state index contributed by atoms with van der Waals surface area (Å²) < 4.78 is 23.8. The number of benzene rings is 2. The number of carbonyl (C=O) groups is 2. The summed E-state index contributed by atoms with van der Waals surface area (Å²) in [4.78, 5) is 44.4. The normalized spacial score (nSPS) is 15.0. The van der Waals surface area contributed by atoms with Crippen LogP contribution in [-0.4, -0.2) is 36.8 Å². The zero-order valence-electron chi connectivity index (χ0n) is 21.5. The minimum absolute atomic E-state index is 0.0494. The Labute approximate surface area is 240 Å². The first-order chi connectivity index (χ1) is 19.4. The Hall–Kier alpha value is -4.06. The lowest BCUT2D eigenvalue weighted by molar-refractivity contribution is -0.140. The van der Waals surface area contributed by atoms with Crippen LogP contribution in [0.4, 0.5) is 0 Å².